The molecular weight excluding hydrogens is 373 g/mol. The fourth-order valence-corrected chi connectivity index (χ4v) is 2.17. The SMILES string of the molecule is O=C(NC1COC1)c1cc(I)ccc1Br. The Morgan fingerprint density at radius 1 is 1.53 bits per heavy atom. The van der Waals surface area contributed by atoms with Crippen molar-refractivity contribution in [1.29, 1.82) is 0 Å². The van der Waals surface area contributed by atoms with Gasteiger partial charge in [0.15, 0.2) is 0 Å². The number of benzene rings is 1. The molecule has 1 N–H and O–H groups in total. The van der Waals surface area contributed by atoms with Crippen molar-refractivity contribution in [1.82, 2.24) is 5.32 Å². The standard InChI is InChI=1S/C10H9BrINO2/c11-9-2-1-6(12)3-8(9)10(14)13-7-4-15-5-7/h1-3,7H,4-5H2,(H,13,14). The second-order valence-corrected chi connectivity index (χ2v) is 5.43. The van der Waals surface area contributed by atoms with Crippen molar-refractivity contribution < 1.29 is 9.53 Å². The minimum atomic E-state index is -0.0475. The highest BCUT2D eigenvalue weighted by molar-refractivity contribution is 14.1. The topological polar surface area (TPSA) is 38.3 Å². The highest BCUT2D eigenvalue weighted by Gasteiger charge is 2.21. The molecule has 1 aliphatic rings. The van der Waals surface area contributed by atoms with Gasteiger partial charge < -0.3 is 10.1 Å². The summed E-state index contributed by atoms with van der Waals surface area (Å²) in [6.07, 6.45) is 0. The molecule has 0 aliphatic carbocycles. The molecular formula is C10H9BrINO2. The largest absolute Gasteiger partial charge is 0.377 e. The average Bonchev–Trinajstić information content (AvgIpc) is 2.15. The molecule has 0 aromatic heterocycles. The van der Waals surface area contributed by atoms with Gasteiger partial charge in [-0.05, 0) is 56.7 Å². The van der Waals surface area contributed by atoms with Gasteiger partial charge in [0.25, 0.3) is 5.91 Å². The van der Waals surface area contributed by atoms with E-state index >= 15 is 0 Å². The fourth-order valence-electron chi connectivity index (χ4n) is 1.25. The summed E-state index contributed by atoms with van der Waals surface area (Å²) in [5, 5.41) is 2.90. The van der Waals surface area contributed by atoms with Crippen molar-refractivity contribution in [2.75, 3.05) is 13.2 Å². The molecule has 1 aromatic rings. The van der Waals surface area contributed by atoms with Crippen molar-refractivity contribution >= 4 is 44.4 Å². The van der Waals surface area contributed by atoms with Crippen molar-refractivity contribution in [2.45, 2.75) is 6.04 Å². The molecule has 1 aliphatic heterocycles. The Morgan fingerprint density at radius 3 is 2.87 bits per heavy atom. The Morgan fingerprint density at radius 2 is 2.27 bits per heavy atom. The van der Waals surface area contributed by atoms with Gasteiger partial charge in [0.05, 0.1) is 24.8 Å². The van der Waals surface area contributed by atoms with E-state index in [-0.39, 0.29) is 11.9 Å². The van der Waals surface area contributed by atoms with E-state index < -0.39 is 0 Å². The van der Waals surface area contributed by atoms with E-state index in [4.69, 9.17) is 4.74 Å². The van der Waals surface area contributed by atoms with E-state index in [0.717, 1.165) is 8.04 Å². The maximum absolute atomic E-state index is 11.8. The first-order valence-corrected chi connectivity index (χ1v) is 6.37. The molecule has 0 bridgehead atoms. The minimum Gasteiger partial charge on any atom is -0.377 e. The summed E-state index contributed by atoms with van der Waals surface area (Å²) in [4.78, 5) is 11.8. The van der Waals surface area contributed by atoms with Crippen LogP contribution in [0.4, 0.5) is 0 Å². The molecule has 0 saturated carbocycles. The third kappa shape index (κ3) is 2.70. The highest BCUT2D eigenvalue weighted by atomic mass is 127. The van der Waals surface area contributed by atoms with Crippen LogP contribution in [0.15, 0.2) is 22.7 Å². The lowest BCUT2D eigenvalue weighted by Crippen LogP contribution is -2.48. The first-order valence-electron chi connectivity index (χ1n) is 4.50. The number of rotatable bonds is 2. The van der Waals surface area contributed by atoms with Crippen LogP contribution in [0, 0.1) is 3.57 Å². The van der Waals surface area contributed by atoms with Crippen LogP contribution in [-0.4, -0.2) is 25.2 Å². The van der Waals surface area contributed by atoms with Gasteiger partial charge in [0.2, 0.25) is 0 Å². The predicted molar refractivity (Wildman–Crippen MR) is 68.9 cm³/mol. The smallest absolute Gasteiger partial charge is 0.252 e. The van der Waals surface area contributed by atoms with E-state index in [9.17, 15) is 4.79 Å². The predicted octanol–water partition coefficient (Wildman–Crippen LogP) is 2.18. The van der Waals surface area contributed by atoms with Gasteiger partial charge in [-0.2, -0.15) is 0 Å². The number of nitrogens with one attached hydrogen (secondary N) is 1. The number of carbonyl (C=O) groups excluding carboxylic acids is 1. The zero-order chi connectivity index (χ0) is 10.8. The van der Waals surface area contributed by atoms with Crippen LogP contribution in [0.3, 0.4) is 0 Å². The van der Waals surface area contributed by atoms with Gasteiger partial charge in [0.1, 0.15) is 0 Å². The van der Waals surface area contributed by atoms with Crippen LogP contribution in [0.25, 0.3) is 0 Å². The van der Waals surface area contributed by atoms with E-state index in [0.29, 0.717) is 18.8 Å². The maximum Gasteiger partial charge on any atom is 0.252 e. The second kappa shape index (κ2) is 4.80. The number of carbonyl (C=O) groups is 1. The lowest BCUT2D eigenvalue weighted by atomic mass is 10.2. The minimum absolute atomic E-state index is 0.0475. The first-order chi connectivity index (χ1) is 7.16. The molecule has 1 saturated heterocycles. The quantitative estimate of drug-likeness (QED) is 0.797. The zero-order valence-corrected chi connectivity index (χ0v) is 11.5. The Kier molecular flexibility index (Phi) is 3.63. The van der Waals surface area contributed by atoms with Crippen molar-refractivity contribution in [2.24, 2.45) is 0 Å². The first kappa shape index (κ1) is 11.3. The summed E-state index contributed by atoms with van der Waals surface area (Å²) in [5.74, 6) is -0.0475. The molecule has 1 amide bonds. The average molecular weight is 382 g/mol. The Bertz CT molecular complexity index is 393. The third-order valence-electron chi connectivity index (χ3n) is 2.15. The van der Waals surface area contributed by atoms with Gasteiger partial charge in [-0.1, -0.05) is 0 Å². The molecule has 1 heterocycles. The molecule has 1 aromatic carbocycles. The molecule has 0 spiro atoms. The number of hydrogen-bond donors (Lipinski definition) is 1. The van der Waals surface area contributed by atoms with Gasteiger partial charge in [-0.15, -0.1) is 0 Å². The number of ether oxygens (including phenoxy) is 1. The van der Waals surface area contributed by atoms with Crippen LogP contribution in [0.1, 0.15) is 10.4 Å². The van der Waals surface area contributed by atoms with Crippen LogP contribution in [0.5, 0.6) is 0 Å². The molecule has 0 radical (unpaired) electrons. The number of halogens is 2. The van der Waals surface area contributed by atoms with Crippen LogP contribution in [-0.2, 0) is 4.74 Å². The monoisotopic (exact) mass is 381 g/mol. The zero-order valence-electron chi connectivity index (χ0n) is 7.80. The van der Waals surface area contributed by atoms with Gasteiger partial charge >= 0.3 is 0 Å². The molecule has 80 valence electrons. The molecule has 3 nitrogen and oxygen atoms in total. The van der Waals surface area contributed by atoms with Gasteiger partial charge in [0, 0.05) is 8.04 Å². The molecule has 0 unspecified atom stereocenters. The normalized spacial score (nSPS) is 15.9. The Balaban J connectivity index is 2.12. The van der Waals surface area contributed by atoms with Gasteiger partial charge in [-0.25, -0.2) is 0 Å². The van der Waals surface area contributed by atoms with Crippen molar-refractivity contribution in [3.05, 3.63) is 31.8 Å². The summed E-state index contributed by atoms with van der Waals surface area (Å²) >= 11 is 5.55. The Hall–Kier alpha value is -0.140. The van der Waals surface area contributed by atoms with Gasteiger partial charge in [-0.3, -0.25) is 4.79 Å². The van der Waals surface area contributed by atoms with E-state index in [2.05, 4.69) is 43.8 Å². The fraction of sp³-hybridized carbons (Fsp3) is 0.300. The summed E-state index contributed by atoms with van der Waals surface area (Å²) in [7, 11) is 0. The lowest BCUT2D eigenvalue weighted by molar-refractivity contribution is -0.00347. The van der Waals surface area contributed by atoms with E-state index in [1.165, 1.54) is 0 Å². The number of hydrogen-bond acceptors (Lipinski definition) is 2. The molecule has 2 rings (SSSR count). The summed E-state index contributed by atoms with van der Waals surface area (Å²) in [6, 6.07) is 5.86. The van der Waals surface area contributed by atoms with Crippen LogP contribution < -0.4 is 5.32 Å². The maximum atomic E-state index is 11.8. The molecule has 1 fully saturated rings. The number of amides is 1. The third-order valence-corrected chi connectivity index (χ3v) is 3.51. The molecule has 5 heteroatoms. The lowest BCUT2D eigenvalue weighted by Gasteiger charge is -2.26. The summed E-state index contributed by atoms with van der Waals surface area (Å²) in [6.45, 7) is 1.24. The molecule has 0 atom stereocenters. The van der Waals surface area contributed by atoms with Crippen molar-refractivity contribution in [3.63, 3.8) is 0 Å². The van der Waals surface area contributed by atoms with E-state index in [1.807, 2.05) is 18.2 Å². The highest BCUT2D eigenvalue weighted by Crippen LogP contribution is 2.19. The van der Waals surface area contributed by atoms with E-state index in [1.54, 1.807) is 0 Å². The Labute approximate surface area is 110 Å². The summed E-state index contributed by atoms with van der Waals surface area (Å²) in [5.41, 5.74) is 0.675. The van der Waals surface area contributed by atoms with Crippen LogP contribution in [0.2, 0.25) is 0 Å². The van der Waals surface area contributed by atoms with Crippen molar-refractivity contribution in [3.8, 4) is 0 Å². The van der Waals surface area contributed by atoms with Crippen LogP contribution >= 0.6 is 38.5 Å². The molecule has 15 heavy (non-hydrogen) atoms. The summed E-state index contributed by atoms with van der Waals surface area (Å²) < 4.78 is 6.86. The second-order valence-electron chi connectivity index (χ2n) is 3.33.